The number of rotatable bonds is 5. The fourth-order valence-corrected chi connectivity index (χ4v) is 7.48. The van der Waals surface area contributed by atoms with Crippen molar-refractivity contribution in [3.8, 4) is 28.7 Å². The molecule has 5 aromatic carbocycles. The molecular weight excluding hydrogens is 892 g/mol. The number of aromatic nitrogens is 4. The third-order valence-corrected chi connectivity index (χ3v) is 11.0. The molecule has 0 atom stereocenters. The van der Waals surface area contributed by atoms with Crippen LogP contribution in [0.1, 0.15) is 105 Å². The zero-order valence-electron chi connectivity index (χ0n) is 35.9. The molecule has 0 aliphatic carbocycles. The molecule has 8 rings (SSSR count). The van der Waals surface area contributed by atoms with E-state index in [1.54, 1.807) is 0 Å². The summed E-state index contributed by atoms with van der Waals surface area (Å²) in [7, 11) is 0. The number of hydrogen-bond acceptors (Lipinski definition) is 2. The molecular formula is C52H54N4OPt-2. The zero-order chi connectivity index (χ0) is 40.7. The summed E-state index contributed by atoms with van der Waals surface area (Å²) >= 11 is 0. The first-order valence-corrected chi connectivity index (χ1v) is 20.1. The van der Waals surface area contributed by atoms with E-state index in [1.807, 2.05) is 24.4 Å². The number of benzene rings is 5. The maximum absolute atomic E-state index is 6.61. The van der Waals surface area contributed by atoms with E-state index in [9.17, 15) is 0 Å². The average molecular weight is 946 g/mol. The molecule has 0 aliphatic heterocycles. The number of ether oxygens (including phenoxy) is 1. The van der Waals surface area contributed by atoms with Crippen molar-refractivity contribution in [2.45, 2.75) is 105 Å². The van der Waals surface area contributed by atoms with E-state index in [2.05, 4.69) is 200 Å². The SMILES string of the molecule is CC(C)(C)c1cc(-[n+]2[c-]n(-c3[c-]c(Oc4[c-]c5c(cc4)c4ccccc4n5-c4cc(C(C)(C)C)ccn4)ccc3)c3ccc(C(C)(C)C)cc32)cc(C(C)(C)C)c1.[Pt]. The maximum Gasteiger partial charge on any atom is 0.268 e. The van der Waals surface area contributed by atoms with E-state index in [1.165, 1.54) is 22.3 Å². The quantitative estimate of drug-likeness (QED) is 0.127. The predicted octanol–water partition coefficient (Wildman–Crippen LogP) is 12.8. The van der Waals surface area contributed by atoms with Gasteiger partial charge in [-0.3, -0.25) is 4.57 Å². The topological polar surface area (TPSA) is 35.9 Å². The summed E-state index contributed by atoms with van der Waals surface area (Å²) < 4.78 is 13.1. The van der Waals surface area contributed by atoms with E-state index in [0.717, 1.165) is 50.0 Å². The molecule has 6 heteroatoms. The normalized spacial score (nSPS) is 12.7. The van der Waals surface area contributed by atoms with Gasteiger partial charge in [-0.05, 0) is 91.4 Å². The fourth-order valence-electron chi connectivity index (χ4n) is 7.48. The van der Waals surface area contributed by atoms with Crippen LogP contribution in [-0.2, 0) is 42.7 Å². The molecule has 58 heavy (non-hydrogen) atoms. The monoisotopic (exact) mass is 945 g/mol. The molecule has 0 spiro atoms. The van der Waals surface area contributed by atoms with Gasteiger partial charge in [-0.2, -0.15) is 18.2 Å². The summed E-state index contributed by atoms with van der Waals surface area (Å²) in [6, 6.07) is 43.9. The van der Waals surface area contributed by atoms with Gasteiger partial charge in [-0.15, -0.1) is 29.7 Å². The van der Waals surface area contributed by atoms with E-state index in [4.69, 9.17) is 9.72 Å². The summed E-state index contributed by atoms with van der Waals surface area (Å²) in [6.07, 6.45) is 5.66. The van der Waals surface area contributed by atoms with E-state index >= 15 is 0 Å². The summed E-state index contributed by atoms with van der Waals surface area (Å²) in [4.78, 5) is 4.84. The van der Waals surface area contributed by atoms with Crippen molar-refractivity contribution in [2.75, 3.05) is 0 Å². The molecule has 0 unspecified atom stereocenters. The molecule has 0 aliphatic rings. The van der Waals surface area contributed by atoms with Crippen molar-refractivity contribution < 1.29 is 30.4 Å². The van der Waals surface area contributed by atoms with Crippen LogP contribution in [-0.4, -0.2) is 14.1 Å². The first kappa shape index (κ1) is 41.2. The van der Waals surface area contributed by atoms with Crippen molar-refractivity contribution in [1.82, 2.24) is 14.1 Å². The zero-order valence-corrected chi connectivity index (χ0v) is 38.2. The van der Waals surface area contributed by atoms with Gasteiger partial charge in [0, 0.05) is 44.3 Å². The third-order valence-electron chi connectivity index (χ3n) is 11.0. The first-order valence-electron chi connectivity index (χ1n) is 20.1. The van der Waals surface area contributed by atoms with Crippen LogP contribution >= 0.6 is 0 Å². The second kappa shape index (κ2) is 14.7. The average Bonchev–Trinajstić information content (AvgIpc) is 3.69. The molecule has 0 saturated heterocycles. The Morgan fingerprint density at radius 2 is 1.19 bits per heavy atom. The van der Waals surface area contributed by atoms with E-state index in [-0.39, 0.29) is 42.7 Å². The van der Waals surface area contributed by atoms with Crippen molar-refractivity contribution in [2.24, 2.45) is 0 Å². The van der Waals surface area contributed by atoms with Gasteiger partial charge in [-0.25, -0.2) is 4.98 Å². The van der Waals surface area contributed by atoms with Crippen LogP contribution in [0.3, 0.4) is 0 Å². The molecule has 3 aromatic heterocycles. The minimum Gasteiger partial charge on any atom is -0.510 e. The molecule has 0 radical (unpaired) electrons. The molecule has 3 heterocycles. The fraction of sp³-hybridized carbons (Fsp3) is 0.308. The number of imidazole rings is 1. The molecule has 300 valence electrons. The standard InChI is InChI=1S/C52H54N4O.Pt/c1-49(2,3)34-20-23-45-47(29-34)55(39-27-36(51(7,8)9)26-37(28-39)52(10,11)12)33-54(45)38-16-15-17-40(31-38)57-41-21-22-43-42-18-13-14-19-44(42)56(46(43)32-41)48-30-35(24-25-53-48)50(4,5)6;/h13-30H,1-12H3;/q-2;. The summed E-state index contributed by atoms with van der Waals surface area (Å²) in [6.45, 7) is 27.2. The summed E-state index contributed by atoms with van der Waals surface area (Å²) in [5, 5.41) is 2.24. The van der Waals surface area contributed by atoms with Gasteiger partial charge in [0.15, 0.2) is 0 Å². The molecule has 0 saturated carbocycles. The van der Waals surface area contributed by atoms with E-state index in [0.29, 0.717) is 11.5 Å². The Morgan fingerprint density at radius 3 is 1.86 bits per heavy atom. The molecule has 0 amide bonds. The first-order chi connectivity index (χ1) is 26.8. The Hall–Kier alpha value is -4.99. The van der Waals surface area contributed by atoms with Crippen LogP contribution < -0.4 is 9.30 Å². The second-order valence-corrected chi connectivity index (χ2v) is 19.6. The minimum absolute atomic E-state index is 0. The van der Waals surface area contributed by atoms with Crippen LogP contribution in [0, 0.1) is 18.5 Å². The van der Waals surface area contributed by atoms with Gasteiger partial charge in [0.2, 0.25) is 0 Å². The Labute approximate surface area is 359 Å². The van der Waals surface area contributed by atoms with Gasteiger partial charge in [0.05, 0.1) is 16.7 Å². The van der Waals surface area contributed by atoms with Crippen LogP contribution in [0.5, 0.6) is 11.5 Å². The maximum atomic E-state index is 6.61. The van der Waals surface area contributed by atoms with Crippen LogP contribution in [0.25, 0.3) is 50.0 Å². The van der Waals surface area contributed by atoms with Crippen LogP contribution in [0.4, 0.5) is 0 Å². The molecule has 0 fully saturated rings. The third kappa shape index (κ3) is 7.78. The predicted molar refractivity (Wildman–Crippen MR) is 235 cm³/mol. The van der Waals surface area contributed by atoms with Gasteiger partial charge in [0.1, 0.15) is 5.82 Å². The number of pyridine rings is 1. The van der Waals surface area contributed by atoms with Gasteiger partial charge in [0.25, 0.3) is 6.33 Å². The molecule has 0 bridgehead atoms. The van der Waals surface area contributed by atoms with Gasteiger partial charge >= 0.3 is 0 Å². The Kier molecular flexibility index (Phi) is 10.4. The molecule has 0 N–H and O–H groups in total. The molecule has 5 nitrogen and oxygen atoms in total. The number of fused-ring (bicyclic) bond motifs is 4. The summed E-state index contributed by atoms with van der Waals surface area (Å²) in [5.74, 6) is 2.06. The van der Waals surface area contributed by atoms with Crippen molar-refractivity contribution >= 4 is 32.8 Å². The van der Waals surface area contributed by atoms with Crippen LogP contribution in [0.2, 0.25) is 0 Å². The number of nitrogens with zero attached hydrogens (tertiary/aromatic N) is 4. The number of para-hydroxylation sites is 1. The summed E-state index contributed by atoms with van der Waals surface area (Å²) in [5.41, 5.74) is 11.0. The van der Waals surface area contributed by atoms with Crippen LogP contribution in [0.15, 0.2) is 109 Å². The van der Waals surface area contributed by atoms with Crippen molar-refractivity contribution in [3.63, 3.8) is 0 Å². The van der Waals surface area contributed by atoms with Gasteiger partial charge in [-0.1, -0.05) is 125 Å². The largest absolute Gasteiger partial charge is 0.510 e. The Balaban J connectivity index is 0.00000512. The minimum atomic E-state index is -0.0215. The van der Waals surface area contributed by atoms with Crippen molar-refractivity contribution in [3.05, 3.63) is 150 Å². The number of hydrogen-bond donors (Lipinski definition) is 0. The second-order valence-electron chi connectivity index (χ2n) is 19.6. The Bertz CT molecular complexity index is 2780. The Morgan fingerprint density at radius 1 is 0.552 bits per heavy atom. The van der Waals surface area contributed by atoms with Crippen molar-refractivity contribution in [1.29, 1.82) is 0 Å². The van der Waals surface area contributed by atoms with Gasteiger partial charge < -0.3 is 13.9 Å². The van der Waals surface area contributed by atoms with E-state index < -0.39 is 0 Å². The smallest absolute Gasteiger partial charge is 0.268 e. The molecule has 8 aromatic rings.